The molecule has 2 heterocycles. The quantitative estimate of drug-likeness (QED) is 0.661. The van der Waals surface area contributed by atoms with Crippen molar-refractivity contribution in [2.75, 3.05) is 39.3 Å². The van der Waals surface area contributed by atoms with Gasteiger partial charge in [-0.15, -0.1) is 0 Å². The number of likely N-dealkylation sites (tertiary alicyclic amines) is 1. The van der Waals surface area contributed by atoms with Crippen LogP contribution in [0.1, 0.15) is 18.6 Å². The largest absolute Gasteiger partial charge is 0.467 e. The van der Waals surface area contributed by atoms with E-state index >= 15 is 0 Å². The van der Waals surface area contributed by atoms with Crippen LogP contribution in [0.2, 0.25) is 0 Å². The highest BCUT2D eigenvalue weighted by atomic mass is 19.4. The minimum Gasteiger partial charge on any atom is -0.467 e. The zero-order valence-corrected chi connectivity index (χ0v) is 14.0. The first-order chi connectivity index (χ1) is 11.9. The maximum absolute atomic E-state index is 12.3. The molecule has 1 unspecified atom stereocenters. The van der Waals surface area contributed by atoms with E-state index in [-0.39, 0.29) is 11.9 Å². The third kappa shape index (κ3) is 8.26. The fraction of sp³-hybridized carbons (Fsp3) is 0.688. The Morgan fingerprint density at radius 3 is 2.96 bits per heavy atom. The number of nitrogens with zero attached hydrogens (tertiary/aromatic N) is 1. The Morgan fingerprint density at radius 2 is 2.24 bits per heavy atom. The molecule has 6 nitrogen and oxygen atoms in total. The highest BCUT2D eigenvalue weighted by Gasteiger charge is 2.34. The first kappa shape index (κ1) is 19.6. The highest BCUT2D eigenvalue weighted by molar-refractivity contribution is 5.73. The number of furan rings is 1. The van der Waals surface area contributed by atoms with E-state index < -0.39 is 12.7 Å². The van der Waals surface area contributed by atoms with Crippen molar-refractivity contribution in [1.82, 2.24) is 15.5 Å². The first-order valence-corrected chi connectivity index (χ1v) is 8.33. The van der Waals surface area contributed by atoms with Crippen LogP contribution in [0.15, 0.2) is 22.8 Å². The number of ether oxygens (including phenoxy) is 1. The van der Waals surface area contributed by atoms with Gasteiger partial charge in [0.05, 0.1) is 12.8 Å². The molecule has 1 fully saturated rings. The van der Waals surface area contributed by atoms with Gasteiger partial charge in [-0.2, -0.15) is 13.2 Å². The summed E-state index contributed by atoms with van der Waals surface area (Å²) in [5, 5.41) is 5.41. The van der Waals surface area contributed by atoms with Crippen molar-refractivity contribution < 1.29 is 27.1 Å². The molecular weight excluding hydrogens is 339 g/mol. The number of rotatable bonds is 9. The Morgan fingerprint density at radius 1 is 1.40 bits per heavy atom. The highest BCUT2D eigenvalue weighted by Crippen LogP contribution is 2.22. The zero-order chi connectivity index (χ0) is 18.1. The minimum absolute atomic E-state index is 0.0599. The fourth-order valence-electron chi connectivity index (χ4n) is 2.72. The van der Waals surface area contributed by atoms with Crippen LogP contribution in [0.5, 0.6) is 0 Å². The van der Waals surface area contributed by atoms with Crippen LogP contribution in [-0.4, -0.2) is 56.4 Å². The lowest BCUT2D eigenvalue weighted by Crippen LogP contribution is -2.39. The summed E-state index contributed by atoms with van der Waals surface area (Å²) < 4.78 is 47.5. The van der Waals surface area contributed by atoms with Gasteiger partial charge in [0.15, 0.2) is 0 Å². The van der Waals surface area contributed by atoms with Gasteiger partial charge in [-0.05, 0) is 37.4 Å². The van der Waals surface area contributed by atoms with E-state index in [1.807, 2.05) is 6.07 Å². The number of hydrogen-bond acceptors (Lipinski definition) is 4. The summed E-state index contributed by atoms with van der Waals surface area (Å²) in [4.78, 5) is 13.0. The van der Waals surface area contributed by atoms with Crippen LogP contribution in [0.3, 0.4) is 0 Å². The maximum atomic E-state index is 12.3. The first-order valence-electron chi connectivity index (χ1n) is 8.33. The van der Waals surface area contributed by atoms with E-state index in [9.17, 15) is 18.0 Å². The second kappa shape index (κ2) is 9.67. The van der Waals surface area contributed by atoms with Crippen LogP contribution < -0.4 is 10.6 Å². The molecule has 0 aromatic carbocycles. The van der Waals surface area contributed by atoms with E-state index in [1.165, 1.54) is 4.90 Å². The molecule has 0 radical (unpaired) electrons. The number of carbonyl (C=O) groups excluding carboxylic acids is 1. The molecule has 0 bridgehead atoms. The van der Waals surface area contributed by atoms with E-state index in [0.29, 0.717) is 52.2 Å². The third-order valence-corrected chi connectivity index (χ3v) is 3.90. The average molecular weight is 363 g/mol. The van der Waals surface area contributed by atoms with Crippen molar-refractivity contribution in [2.24, 2.45) is 5.92 Å². The Bertz CT molecular complexity index is 508. The lowest BCUT2D eigenvalue weighted by atomic mass is 10.1. The molecule has 2 rings (SSSR count). The average Bonchev–Trinajstić information content (AvgIpc) is 3.19. The third-order valence-electron chi connectivity index (χ3n) is 3.90. The Kier molecular flexibility index (Phi) is 7.57. The van der Waals surface area contributed by atoms with Crippen molar-refractivity contribution in [1.29, 1.82) is 0 Å². The molecule has 2 N–H and O–H groups in total. The summed E-state index contributed by atoms with van der Waals surface area (Å²) in [6.07, 6.45) is -1.26. The van der Waals surface area contributed by atoms with E-state index in [4.69, 9.17) is 9.15 Å². The molecule has 1 aliphatic rings. The van der Waals surface area contributed by atoms with Crippen LogP contribution in [0.4, 0.5) is 18.0 Å². The maximum Gasteiger partial charge on any atom is 0.401 e. The van der Waals surface area contributed by atoms with Gasteiger partial charge in [-0.3, -0.25) is 4.90 Å². The molecule has 0 aliphatic carbocycles. The SMILES string of the molecule is O=C(NCCCOCc1ccco1)NCC1CCN(CC(F)(F)F)C1. The van der Waals surface area contributed by atoms with Gasteiger partial charge in [-0.1, -0.05) is 0 Å². The van der Waals surface area contributed by atoms with Gasteiger partial charge in [0, 0.05) is 26.2 Å². The summed E-state index contributed by atoms with van der Waals surface area (Å²) in [6.45, 7) is 1.64. The Hall–Kier alpha value is -1.74. The van der Waals surface area contributed by atoms with Crippen molar-refractivity contribution in [3.63, 3.8) is 0 Å². The summed E-state index contributed by atoms with van der Waals surface area (Å²) in [7, 11) is 0. The number of hydrogen-bond donors (Lipinski definition) is 2. The van der Waals surface area contributed by atoms with E-state index in [2.05, 4.69) is 10.6 Å². The lowest BCUT2D eigenvalue weighted by molar-refractivity contribution is -0.143. The van der Waals surface area contributed by atoms with Crippen molar-refractivity contribution in [3.05, 3.63) is 24.2 Å². The molecule has 1 saturated heterocycles. The minimum atomic E-state index is -4.17. The van der Waals surface area contributed by atoms with Crippen LogP contribution in [0, 0.1) is 5.92 Å². The molecule has 142 valence electrons. The van der Waals surface area contributed by atoms with Crippen molar-refractivity contribution in [3.8, 4) is 0 Å². The molecule has 0 saturated carbocycles. The normalized spacial score (nSPS) is 18.4. The van der Waals surface area contributed by atoms with Crippen molar-refractivity contribution >= 4 is 6.03 Å². The zero-order valence-electron chi connectivity index (χ0n) is 14.0. The number of amides is 2. The van der Waals surface area contributed by atoms with Crippen LogP contribution in [0.25, 0.3) is 0 Å². The fourth-order valence-corrected chi connectivity index (χ4v) is 2.72. The van der Waals surface area contributed by atoms with Crippen LogP contribution in [-0.2, 0) is 11.3 Å². The predicted molar refractivity (Wildman–Crippen MR) is 85.0 cm³/mol. The van der Waals surface area contributed by atoms with Crippen LogP contribution >= 0.6 is 0 Å². The molecule has 1 aromatic rings. The van der Waals surface area contributed by atoms with E-state index in [1.54, 1.807) is 12.3 Å². The Labute approximate surface area is 144 Å². The second-order valence-corrected chi connectivity index (χ2v) is 6.13. The number of urea groups is 1. The molecule has 1 atom stereocenters. The Balaban J connectivity index is 1.46. The van der Waals surface area contributed by atoms with Gasteiger partial charge in [0.2, 0.25) is 0 Å². The number of halogens is 3. The summed E-state index contributed by atoms with van der Waals surface area (Å²) in [5.41, 5.74) is 0. The molecule has 0 spiro atoms. The van der Waals surface area contributed by atoms with Crippen molar-refractivity contribution in [2.45, 2.75) is 25.6 Å². The second-order valence-electron chi connectivity index (χ2n) is 6.13. The number of nitrogens with one attached hydrogen (secondary N) is 2. The summed E-state index contributed by atoms with van der Waals surface area (Å²) in [6, 6.07) is 3.31. The van der Waals surface area contributed by atoms with Gasteiger partial charge in [0.1, 0.15) is 12.4 Å². The number of alkyl halides is 3. The topological polar surface area (TPSA) is 66.7 Å². The molecule has 25 heavy (non-hydrogen) atoms. The van der Waals surface area contributed by atoms with Gasteiger partial charge < -0.3 is 19.8 Å². The molecule has 9 heteroatoms. The van der Waals surface area contributed by atoms with Gasteiger partial charge in [-0.25, -0.2) is 4.79 Å². The summed E-state index contributed by atoms with van der Waals surface area (Å²) in [5.74, 6) is 0.812. The lowest BCUT2D eigenvalue weighted by Gasteiger charge is -2.18. The molecule has 2 amide bonds. The molecule has 1 aliphatic heterocycles. The number of carbonyl (C=O) groups is 1. The monoisotopic (exact) mass is 363 g/mol. The summed E-state index contributed by atoms with van der Waals surface area (Å²) >= 11 is 0. The molecular formula is C16H24F3N3O3. The molecule has 1 aromatic heterocycles. The van der Waals surface area contributed by atoms with E-state index in [0.717, 1.165) is 5.76 Å². The van der Waals surface area contributed by atoms with Gasteiger partial charge in [0.25, 0.3) is 0 Å². The van der Waals surface area contributed by atoms with Gasteiger partial charge >= 0.3 is 12.2 Å². The smallest absolute Gasteiger partial charge is 0.401 e. The predicted octanol–water partition coefficient (Wildman–Crippen LogP) is 2.37. The standard InChI is InChI=1S/C16H24F3N3O3/c17-16(18,19)12-22-6-4-13(10-22)9-21-15(23)20-5-2-7-24-11-14-3-1-8-25-14/h1,3,8,13H,2,4-7,9-12H2,(H2,20,21,23).